The molecule has 6 rings (SSSR count). The number of piperidine rings is 1. The van der Waals surface area contributed by atoms with E-state index in [0.29, 0.717) is 17.3 Å². The second kappa shape index (κ2) is 9.22. The Morgan fingerprint density at radius 2 is 1.71 bits per heavy atom. The van der Waals surface area contributed by atoms with Gasteiger partial charge in [-0.25, -0.2) is 0 Å². The minimum Gasteiger partial charge on any atom is -0.371 e. The Kier molecular flexibility index (Phi) is 6.06. The molecule has 0 unspecified atom stereocenters. The molecular weight excluding hydrogens is 508 g/mol. The van der Waals surface area contributed by atoms with Gasteiger partial charge in [0.1, 0.15) is 0 Å². The lowest BCUT2D eigenvalue weighted by molar-refractivity contribution is -0.141. The van der Waals surface area contributed by atoms with Gasteiger partial charge in [-0.1, -0.05) is 18.9 Å². The molecule has 0 radical (unpaired) electrons. The van der Waals surface area contributed by atoms with Gasteiger partial charge in [0.2, 0.25) is 5.78 Å². The first-order chi connectivity index (χ1) is 17.1. The van der Waals surface area contributed by atoms with Crippen LogP contribution in [0.3, 0.4) is 0 Å². The highest BCUT2D eigenvalue weighted by atomic mass is 79.9. The molecule has 4 aromatic rings. The van der Waals surface area contributed by atoms with Gasteiger partial charge in [-0.05, 0) is 71.9 Å². The van der Waals surface area contributed by atoms with E-state index >= 15 is 0 Å². The number of benzene rings is 2. The lowest BCUT2D eigenvalue weighted by Crippen LogP contribution is -2.39. The Morgan fingerprint density at radius 1 is 0.971 bits per heavy atom. The summed E-state index contributed by atoms with van der Waals surface area (Å²) >= 11 is 3.59. The summed E-state index contributed by atoms with van der Waals surface area (Å²) in [6, 6.07) is 13.1. The number of fused-ring (bicyclic) bond motifs is 5. The standard InChI is InChI=1S/C27H31BrN4O3/c1-34-26(35-2)17-12-14-30(15-13-17)19-10-11-21-23(16-19)32-22-9-5-8-20(28)24(22)25(33)29-27(32)31(21)18-6-3-4-7-18/h5,8-11,16-18,26H,3-4,6-7,12-15H2,1-2H3. The molecule has 0 bridgehead atoms. The molecule has 0 amide bonds. The number of halogens is 1. The van der Waals surface area contributed by atoms with Crippen molar-refractivity contribution in [2.45, 2.75) is 50.9 Å². The third-order valence-corrected chi connectivity index (χ3v) is 8.63. The zero-order valence-electron chi connectivity index (χ0n) is 20.2. The molecule has 0 atom stereocenters. The Labute approximate surface area is 212 Å². The summed E-state index contributed by atoms with van der Waals surface area (Å²) in [5.74, 6) is 1.16. The Balaban J connectivity index is 1.51. The van der Waals surface area contributed by atoms with E-state index in [-0.39, 0.29) is 11.8 Å². The van der Waals surface area contributed by atoms with Crippen molar-refractivity contribution in [1.29, 1.82) is 0 Å². The smallest absolute Gasteiger partial charge is 0.283 e. The van der Waals surface area contributed by atoms with E-state index in [4.69, 9.17) is 9.47 Å². The number of ether oxygens (including phenoxy) is 2. The summed E-state index contributed by atoms with van der Waals surface area (Å²) in [6.07, 6.45) is 6.60. The zero-order chi connectivity index (χ0) is 24.1. The second-order valence-corrected chi connectivity index (χ2v) is 10.7. The predicted octanol–water partition coefficient (Wildman–Crippen LogP) is 5.52. The molecule has 2 fully saturated rings. The Bertz CT molecular complexity index is 1440. The van der Waals surface area contributed by atoms with Crippen LogP contribution in [0.1, 0.15) is 44.6 Å². The van der Waals surface area contributed by atoms with Crippen molar-refractivity contribution in [3.63, 3.8) is 0 Å². The molecule has 184 valence electrons. The zero-order valence-corrected chi connectivity index (χ0v) is 21.8. The molecule has 0 N–H and O–H groups in total. The molecule has 2 aromatic heterocycles. The van der Waals surface area contributed by atoms with Crippen molar-refractivity contribution >= 4 is 49.3 Å². The first-order valence-electron chi connectivity index (χ1n) is 12.6. The lowest BCUT2D eigenvalue weighted by Gasteiger charge is -2.36. The van der Waals surface area contributed by atoms with Crippen LogP contribution in [0.2, 0.25) is 0 Å². The number of hydrogen-bond donors (Lipinski definition) is 0. The first-order valence-corrected chi connectivity index (χ1v) is 13.4. The summed E-state index contributed by atoms with van der Waals surface area (Å²) in [6.45, 7) is 1.92. The maximum absolute atomic E-state index is 13.1. The van der Waals surface area contributed by atoms with Crippen LogP contribution in [-0.4, -0.2) is 47.6 Å². The van der Waals surface area contributed by atoms with Crippen LogP contribution in [0, 0.1) is 5.92 Å². The lowest BCUT2D eigenvalue weighted by atomic mass is 9.95. The Morgan fingerprint density at radius 3 is 2.43 bits per heavy atom. The third-order valence-electron chi connectivity index (χ3n) is 7.97. The van der Waals surface area contributed by atoms with Crippen LogP contribution < -0.4 is 10.5 Å². The number of imidazole rings is 1. The minimum atomic E-state index is -0.178. The van der Waals surface area contributed by atoms with Crippen LogP contribution in [0.4, 0.5) is 5.69 Å². The molecule has 3 heterocycles. The monoisotopic (exact) mass is 538 g/mol. The number of rotatable bonds is 5. The van der Waals surface area contributed by atoms with Gasteiger partial charge in [-0.15, -0.1) is 0 Å². The SMILES string of the molecule is COC(OC)C1CCN(c2ccc3c(c2)n2c4cccc(Br)c4c(=O)nc2n3C2CCCC2)CC1. The number of methoxy groups -OCH3 is 2. The summed E-state index contributed by atoms with van der Waals surface area (Å²) < 4.78 is 16.3. The van der Waals surface area contributed by atoms with Gasteiger partial charge >= 0.3 is 0 Å². The van der Waals surface area contributed by atoms with Gasteiger partial charge < -0.3 is 18.9 Å². The van der Waals surface area contributed by atoms with Crippen LogP contribution >= 0.6 is 15.9 Å². The predicted molar refractivity (Wildman–Crippen MR) is 142 cm³/mol. The summed E-state index contributed by atoms with van der Waals surface area (Å²) in [4.78, 5) is 20.2. The van der Waals surface area contributed by atoms with E-state index in [9.17, 15) is 4.79 Å². The first kappa shape index (κ1) is 23.0. The molecule has 8 heteroatoms. The number of nitrogens with zero attached hydrogens (tertiary/aromatic N) is 4. The van der Waals surface area contributed by atoms with Gasteiger partial charge in [0.15, 0.2) is 6.29 Å². The molecule has 7 nitrogen and oxygen atoms in total. The molecule has 1 saturated heterocycles. The number of hydrogen-bond acceptors (Lipinski definition) is 5. The van der Waals surface area contributed by atoms with E-state index in [2.05, 4.69) is 53.0 Å². The fourth-order valence-corrected chi connectivity index (χ4v) is 6.77. The summed E-state index contributed by atoms with van der Waals surface area (Å²) in [7, 11) is 3.44. The fraction of sp³-hybridized carbons (Fsp3) is 0.481. The topological polar surface area (TPSA) is 61.0 Å². The van der Waals surface area contributed by atoms with Crippen molar-refractivity contribution in [2.24, 2.45) is 5.92 Å². The highest BCUT2D eigenvalue weighted by molar-refractivity contribution is 9.10. The molecule has 1 aliphatic carbocycles. The van der Waals surface area contributed by atoms with Gasteiger partial charge in [-0.3, -0.25) is 9.20 Å². The van der Waals surface area contributed by atoms with E-state index in [1.807, 2.05) is 18.2 Å². The van der Waals surface area contributed by atoms with E-state index in [1.165, 1.54) is 18.5 Å². The van der Waals surface area contributed by atoms with Gasteiger partial charge in [0.25, 0.3) is 5.56 Å². The van der Waals surface area contributed by atoms with Gasteiger partial charge in [0.05, 0.1) is 21.9 Å². The molecule has 1 aliphatic heterocycles. The normalized spacial score (nSPS) is 18.1. The van der Waals surface area contributed by atoms with E-state index in [0.717, 1.165) is 65.6 Å². The van der Waals surface area contributed by atoms with Gasteiger partial charge in [0, 0.05) is 49.4 Å². The molecule has 0 spiro atoms. The van der Waals surface area contributed by atoms with Gasteiger partial charge in [-0.2, -0.15) is 4.98 Å². The van der Waals surface area contributed by atoms with Crippen molar-refractivity contribution in [3.05, 3.63) is 51.2 Å². The van der Waals surface area contributed by atoms with Crippen LogP contribution in [0.25, 0.3) is 27.7 Å². The number of aromatic nitrogens is 3. The highest BCUT2D eigenvalue weighted by Crippen LogP contribution is 2.37. The van der Waals surface area contributed by atoms with Crippen molar-refractivity contribution in [3.8, 4) is 0 Å². The molecular formula is C27H31BrN4O3. The van der Waals surface area contributed by atoms with E-state index < -0.39 is 0 Å². The summed E-state index contributed by atoms with van der Waals surface area (Å²) in [5.41, 5.74) is 4.18. The second-order valence-electron chi connectivity index (χ2n) is 9.83. The maximum Gasteiger partial charge on any atom is 0.283 e. The number of anilines is 1. The molecule has 2 aliphatic rings. The van der Waals surface area contributed by atoms with Crippen molar-refractivity contribution in [2.75, 3.05) is 32.2 Å². The maximum atomic E-state index is 13.1. The average Bonchev–Trinajstić information content (AvgIpc) is 3.51. The van der Waals surface area contributed by atoms with Crippen molar-refractivity contribution in [1.82, 2.24) is 14.0 Å². The summed E-state index contributed by atoms with van der Waals surface area (Å²) in [5, 5.41) is 0.631. The average molecular weight is 539 g/mol. The minimum absolute atomic E-state index is 0.142. The third kappa shape index (κ3) is 3.77. The van der Waals surface area contributed by atoms with Crippen LogP contribution in [0.5, 0.6) is 0 Å². The molecule has 1 saturated carbocycles. The van der Waals surface area contributed by atoms with Crippen LogP contribution in [0.15, 0.2) is 45.7 Å². The molecule has 2 aromatic carbocycles. The van der Waals surface area contributed by atoms with E-state index in [1.54, 1.807) is 14.2 Å². The molecule has 35 heavy (non-hydrogen) atoms. The fourth-order valence-electron chi connectivity index (χ4n) is 6.25. The largest absolute Gasteiger partial charge is 0.371 e. The Hall–Kier alpha value is -2.42. The highest BCUT2D eigenvalue weighted by Gasteiger charge is 2.28. The quantitative estimate of drug-likeness (QED) is 0.313. The van der Waals surface area contributed by atoms with Crippen LogP contribution in [-0.2, 0) is 9.47 Å². The van der Waals surface area contributed by atoms with Crippen molar-refractivity contribution < 1.29 is 9.47 Å².